The van der Waals surface area contributed by atoms with Gasteiger partial charge in [0.15, 0.2) is 5.78 Å². The summed E-state index contributed by atoms with van der Waals surface area (Å²) in [6.07, 6.45) is 9.32. The lowest BCUT2D eigenvalue weighted by Gasteiger charge is -2.30. The molecular formula is C20H21ClN4O4. The van der Waals surface area contributed by atoms with Gasteiger partial charge in [0.2, 0.25) is 0 Å². The Hall–Kier alpha value is -2.97. The maximum Gasteiger partial charge on any atom is 0.322 e. The summed E-state index contributed by atoms with van der Waals surface area (Å²) in [7, 11) is 0. The number of hydrogen-bond acceptors (Lipinski definition) is 5. The second-order valence-electron chi connectivity index (χ2n) is 6.63. The number of amides is 2. The molecule has 3 rings (SSSR count). The Balaban J connectivity index is 1.91. The molecule has 2 aromatic rings. The topological polar surface area (TPSA) is 115 Å². The predicted molar refractivity (Wildman–Crippen MR) is 110 cm³/mol. The van der Waals surface area contributed by atoms with Crippen LogP contribution in [0.4, 0.5) is 4.79 Å². The van der Waals surface area contributed by atoms with Crippen molar-refractivity contribution in [1.82, 2.24) is 20.2 Å². The van der Waals surface area contributed by atoms with Crippen LogP contribution < -0.4 is 10.9 Å². The summed E-state index contributed by atoms with van der Waals surface area (Å²) >= 11 is 5.93. The fourth-order valence-corrected chi connectivity index (χ4v) is 3.40. The first-order chi connectivity index (χ1) is 13.9. The fourth-order valence-electron chi connectivity index (χ4n) is 3.19. The van der Waals surface area contributed by atoms with Crippen LogP contribution in [0.15, 0.2) is 53.4 Å². The second-order valence-corrected chi connectivity index (χ2v) is 7.10. The lowest BCUT2D eigenvalue weighted by atomic mass is 10.0. The molecule has 0 saturated heterocycles. The minimum absolute atomic E-state index is 0.0757. The number of fused-ring (bicyclic) bond motifs is 1. The first-order valence-electron chi connectivity index (χ1n) is 9.14. The number of aromatic amines is 1. The van der Waals surface area contributed by atoms with Crippen molar-refractivity contribution in [2.24, 2.45) is 0 Å². The Bertz CT molecular complexity index is 1050. The van der Waals surface area contributed by atoms with E-state index in [0.717, 1.165) is 5.56 Å². The summed E-state index contributed by atoms with van der Waals surface area (Å²) < 4.78 is 0. The molecular weight excluding hydrogens is 396 g/mol. The zero-order valence-corrected chi connectivity index (χ0v) is 16.5. The molecule has 0 spiro atoms. The number of rotatable bonds is 6. The molecule has 2 aromatic heterocycles. The number of nitrogens with zero attached hydrogens (tertiary/aromatic N) is 2. The van der Waals surface area contributed by atoms with Crippen molar-refractivity contribution in [3.05, 3.63) is 64.5 Å². The zero-order chi connectivity index (χ0) is 21.0. The summed E-state index contributed by atoms with van der Waals surface area (Å²) in [5, 5.41) is 12.3. The third kappa shape index (κ3) is 4.55. The van der Waals surface area contributed by atoms with E-state index in [4.69, 9.17) is 11.6 Å². The number of carbonyl (C=O) groups is 2. The van der Waals surface area contributed by atoms with Gasteiger partial charge in [-0.2, -0.15) is 0 Å². The van der Waals surface area contributed by atoms with E-state index in [9.17, 15) is 19.5 Å². The monoisotopic (exact) mass is 416 g/mol. The summed E-state index contributed by atoms with van der Waals surface area (Å²) in [4.78, 5) is 44.8. The number of aliphatic hydroxyl groups is 1. The van der Waals surface area contributed by atoms with Crippen molar-refractivity contribution in [1.29, 1.82) is 0 Å². The number of aliphatic hydroxyl groups excluding tert-OH is 1. The molecule has 0 bridgehead atoms. The van der Waals surface area contributed by atoms with Crippen LogP contribution in [-0.2, 0) is 4.79 Å². The Kier molecular flexibility index (Phi) is 6.46. The van der Waals surface area contributed by atoms with Gasteiger partial charge in [-0.3, -0.25) is 14.6 Å². The molecule has 2 heterocycles. The van der Waals surface area contributed by atoms with Crippen molar-refractivity contribution in [2.45, 2.75) is 24.8 Å². The number of halogens is 1. The molecule has 0 aliphatic heterocycles. The number of nitrogens with one attached hydrogen (secondary N) is 2. The highest BCUT2D eigenvalue weighted by atomic mass is 35.5. The quantitative estimate of drug-likeness (QED) is 0.623. The average Bonchev–Trinajstić information content (AvgIpc) is 2.71. The van der Waals surface area contributed by atoms with Gasteiger partial charge in [-0.1, -0.05) is 0 Å². The van der Waals surface area contributed by atoms with E-state index in [-0.39, 0.29) is 24.5 Å². The largest absolute Gasteiger partial charge is 0.396 e. The number of alkyl halides is 1. The van der Waals surface area contributed by atoms with Gasteiger partial charge in [0, 0.05) is 37.4 Å². The van der Waals surface area contributed by atoms with E-state index in [2.05, 4.69) is 15.3 Å². The molecule has 1 aliphatic rings. The van der Waals surface area contributed by atoms with Crippen molar-refractivity contribution < 1.29 is 14.7 Å². The van der Waals surface area contributed by atoms with E-state index in [1.165, 1.54) is 24.4 Å². The SMILES string of the molecule is CC(c1c[nH]c(=O)c2cnccc12)N(CCCO)C(=O)NC1=CC(Cl)C(=O)C=C1. The maximum atomic E-state index is 13.0. The van der Waals surface area contributed by atoms with Gasteiger partial charge < -0.3 is 20.3 Å². The summed E-state index contributed by atoms with van der Waals surface area (Å²) in [5.74, 6) is -0.247. The Morgan fingerprint density at radius 2 is 2.17 bits per heavy atom. The van der Waals surface area contributed by atoms with Crippen LogP contribution in [0.2, 0.25) is 0 Å². The summed E-state index contributed by atoms with van der Waals surface area (Å²) in [6.45, 7) is 2.05. The lowest BCUT2D eigenvalue weighted by molar-refractivity contribution is -0.113. The zero-order valence-electron chi connectivity index (χ0n) is 15.8. The van der Waals surface area contributed by atoms with Gasteiger partial charge in [0.25, 0.3) is 5.56 Å². The Labute approximate surface area is 171 Å². The van der Waals surface area contributed by atoms with Crippen molar-refractivity contribution in [3.8, 4) is 0 Å². The highest BCUT2D eigenvalue weighted by Crippen LogP contribution is 2.26. The third-order valence-electron chi connectivity index (χ3n) is 4.75. The van der Waals surface area contributed by atoms with E-state index in [1.54, 1.807) is 23.4 Å². The van der Waals surface area contributed by atoms with E-state index < -0.39 is 17.5 Å². The number of aromatic nitrogens is 2. The third-order valence-corrected chi connectivity index (χ3v) is 5.09. The van der Waals surface area contributed by atoms with Crippen LogP contribution in [0.3, 0.4) is 0 Å². The Morgan fingerprint density at radius 3 is 2.90 bits per heavy atom. The molecule has 9 heteroatoms. The van der Waals surface area contributed by atoms with Gasteiger partial charge in [-0.25, -0.2) is 4.79 Å². The molecule has 8 nitrogen and oxygen atoms in total. The first-order valence-corrected chi connectivity index (χ1v) is 9.57. The van der Waals surface area contributed by atoms with E-state index in [1.807, 2.05) is 6.92 Å². The number of H-pyrrole nitrogens is 1. The van der Waals surface area contributed by atoms with Gasteiger partial charge in [0.1, 0.15) is 5.38 Å². The van der Waals surface area contributed by atoms with Gasteiger partial charge in [-0.05, 0) is 48.6 Å². The highest BCUT2D eigenvalue weighted by Gasteiger charge is 2.25. The van der Waals surface area contributed by atoms with Crippen LogP contribution in [0.25, 0.3) is 10.8 Å². The Morgan fingerprint density at radius 1 is 1.38 bits per heavy atom. The van der Waals surface area contributed by atoms with Gasteiger partial charge in [-0.15, -0.1) is 11.6 Å². The minimum atomic E-state index is -0.825. The standard InChI is InChI=1S/C20H21ClN4O4/c1-12(15-11-23-19(28)16-10-22-6-5-14(15)16)25(7-2-8-26)20(29)24-13-3-4-18(27)17(21)9-13/h3-6,9-12,17,26H,2,7-8H2,1H3,(H,23,28)(H,24,29). The smallest absolute Gasteiger partial charge is 0.322 e. The maximum absolute atomic E-state index is 13.0. The molecule has 152 valence electrons. The highest BCUT2D eigenvalue weighted by molar-refractivity contribution is 6.34. The lowest BCUT2D eigenvalue weighted by Crippen LogP contribution is -2.42. The minimum Gasteiger partial charge on any atom is -0.396 e. The van der Waals surface area contributed by atoms with Gasteiger partial charge in [0.05, 0.1) is 11.4 Å². The van der Waals surface area contributed by atoms with Crippen molar-refractivity contribution >= 4 is 34.2 Å². The number of urea groups is 1. The molecule has 0 saturated carbocycles. The molecule has 0 radical (unpaired) electrons. The normalized spacial score (nSPS) is 17.1. The van der Waals surface area contributed by atoms with Crippen LogP contribution in [0.5, 0.6) is 0 Å². The number of hydrogen-bond donors (Lipinski definition) is 3. The average molecular weight is 417 g/mol. The van der Waals surface area contributed by atoms with Crippen molar-refractivity contribution in [2.75, 3.05) is 13.2 Å². The van der Waals surface area contributed by atoms with Crippen LogP contribution >= 0.6 is 11.6 Å². The van der Waals surface area contributed by atoms with Crippen LogP contribution in [0, 0.1) is 0 Å². The second kappa shape index (κ2) is 9.02. The van der Waals surface area contributed by atoms with E-state index in [0.29, 0.717) is 22.9 Å². The van der Waals surface area contributed by atoms with E-state index >= 15 is 0 Å². The molecule has 2 amide bonds. The first kappa shape index (κ1) is 20.8. The molecule has 3 N–H and O–H groups in total. The molecule has 0 fully saturated rings. The van der Waals surface area contributed by atoms with Crippen LogP contribution in [0.1, 0.15) is 24.9 Å². The van der Waals surface area contributed by atoms with Crippen molar-refractivity contribution in [3.63, 3.8) is 0 Å². The number of pyridine rings is 2. The van der Waals surface area contributed by atoms with Gasteiger partial charge >= 0.3 is 6.03 Å². The molecule has 2 atom stereocenters. The summed E-state index contributed by atoms with van der Waals surface area (Å²) in [5.41, 5.74) is 0.908. The predicted octanol–water partition coefficient (Wildman–Crippen LogP) is 2.01. The molecule has 29 heavy (non-hydrogen) atoms. The molecule has 2 unspecified atom stereocenters. The number of ketones is 1. The summed E-state index contributed by atoms with van der Waals surface area (Å²) in [6, 6.07) is 0.910. The molecule has 1 aliphatic carbocycles. The number of carbonyl (C=O) groups excluding carboxylic acids is 2. The van der Waals surface area contributed by atoms with Crippen LogP contribution in [-0.4, -0.2) is 50.3 Å². The number of allylic oxidation sites excluding steroid dienone is 3. The molecule has 0 aromatic carbocycles. The fraction of sp³-hybridized carbons (Fsp3) is 0.300.